The molecule has 0 heterocycles. The van der Waals surface area contributed by atoms with E-state index in [1.54, 1.807) is 0 Å². The van der Waals surface area contributed by atoms with Crippen molar-refractivity contribution < 1.29 is 36.7 Å². The number of hydroxylamine groups is 1. The Bertz CT molecular complexity index is 518. The summed E-state index contributed by atoms with van der Waals surface area (Å²) in [6.07, 6.45) is -6.81. The molecule has 0 aliphatic rings. The van der Waals surface area contributed by atoms with Gasteiger partial charge in [-0.15, -0.1) is 5.48 Å². The van der Waals surface area contributed by atoms with Crippen LogP contribution in [0.2, 0.25) is 0 Å². The van der Waals surface area contributed by atoms with E-state index in [1.165, 1.54) is 6.07 Å². The second-order valence-electron chi connectivity index (χ2n) is 3.34. The van der Waals surface area contributed by atoms with Crippen LogP contribution in [0.15, 0.2) is 18.2 Å². The molecule has 0 aliphatic heterocycles. The number of rotatable bonds is 2. The van der Waals surface area contributed by atoms with Gasteiger partial charge in [-0.2, -0.15) is 13.2 Å². The number of amides is 1. The number of nitrogens with two attached hydrogens (primary N) is 1. The number of alkyl halides is 3. The first-order valence-electron chi connectivity index (χ1n) is 4.98. The van der Waals surface area contributed by atoms with E-state index >= 15 is 0 Å². The summed E-state index contributed by atoms with van der Waals surface area (Å²) in [5, 5.41) is 0. The third kappa shape index (κ3) is 4.39. The number of ether oxygens (including phenoxy) is 1. The maximum absolute atomic E-state index is 12.9. The monoisotopic (exact) mass is 296 g/mol. The fraction of sp³-hybridized carbons (Fsp3) is 0.200. The first-order chi connectivity index (χ1) is 9.24. The lowest BCUT2D eigenvalue weighted by Gasteiger charge is -2.10. The molecule has 0 aliphatic carbocycles. The summed E-state index contributed by atoms with van der Waals surface area (Å²) >= 11 is 0. The van der Waals surface area contributed by atoms with Gasteiger partial charge in [-0.1, -0.05) is 6.07 Å². The summed E-state index contributed by atoms with van der Waals surface area (Å²) in [5.41, 5.74) is 6.63. The summed E-state index contributed by atoms with van der Waals surface area (Å²) < 4.78 is 52.7. The van der Waals surface area contributed by atoms with Crippen molar-refractivity contribution in [3.05, 3.63) is 29.6 Å². The van der Waals surface area contributed by atoms with Crippen LogP contribution in [0.1, 0.15) is 5.56 Å². The summed E-state index contributed by atoms with van der Waals surface area (Å²) in [6.45, 7) is -0.106. The third-order valence-corrected chi connectivity index (χ3v) is 1.91. The van der Waals surface area contributed by atoms with Gasteiger partial charge in [-0.3, -0.25) is 0 Å². The molecule has 1 amide bonds. The summed E-state index contributed by atoms with van der Waals surface area (Å²) in [7, 11) is 0. The van der Waals surface area contributed by atoms with Crippen LogP contribution in [0.3, 0.4) is 0 Å². The largest absolute Gasteiger partial charge is 0.493 e. The Balaban J connectivity index is 2.63. The van der Waals surface area contributed by atoms with E-state index in [4.69, 9.17) is 5.73 Å². The van der Waals surface area contributed by atoms with E-state index in [0.29, 0.717) is 0 Å². The molecule has 0 unspecified atom stereocenters. The van der Waals surface area contributed by atoms with E-state index < -0.39 is 24.1 Å². The molecule has 0 spiro atoms. The van der Waals surface area contributed by atoms with Crippen molar-refractivity contribution in [1.29, 1.82) is 0 Å². The van der Waals surface area contributed by atoms with Crippen molar-refractivity contribution in [1.82, 2.24) is 5.48 Å². The zero-order valence-electron chi connectivity index (χ0n) is 9.66. The number of hydrogen-bond donors (Lipinski definition) is 2. The minimum Gasteiger partial charge on any atom is -0.408 e. The summed E-state index contributed by atoms with van der Waals surface area (Å²) in [6, 6.07) is 3.07. The molecule has 0 aromatic heterocycles. The maximum Gasteiger partial charge on any atom is 0.493 e. The van der Waals surface area contributed by atoms with E-state index in [1.807, 2.05) is 0 Å². The Kier molecular flexibility index (Phi) is 4.86. The molecular weight excluding hydrogens is 288 g/mol. The number of halogens is 4. The Hall–Kier alpha value is -2.36. The van der Waals surface area contributed by atoms with E-state index in [0.717, 1.165) is 17.6 Å². The Morgan fingerprint density at radius 3 is 2.50 bits per heavy atom. The van der Waals surface area contributed by atoms with E-state index in [9.17, 15) is 27.2 Å². The molecule has 0 radical (unpaired) electrons. The Labute approximate surface area is 109 Å². The van der Waals surface area contributed by atoms with Gasteiger partial charge < -0.3 is 15.3 Å². The van der Waals surface area contributed by atoms with E-state index in [-0.39, 0.29) is 17.9 Å². The zero-order valence-corrected chi connectivity index (χ0v) is 9.66. The molecule has 0 saturated heterocycles. The molecule has 1 aromatic rings. The van der Waals surface area contributed by atoms with Gasteiger partial charge in [0, 0.05) is 18.2 Å². The molecule has 1 rings (SSSR count). The molecule has 110 valence electrons. The highest BCUT2D eigenvalue weighted by atomic mass is 19.4. The van der Waals surface area contributed by atoms with Crippen LogP contribution in [0.4, 0.5) is 22.4 Å². The van der Waals surface area contributed by atoms with Crippen LogP contribution in [0.25, 0.3) is 0 Å². The smallest absolute Gasteiger partial charge is 0.408 e. The van der Waals surface area contributed by atoms with Gasteiger partial charge in [0.2, 0.25) is 0 Å². The first-order valence-corrected chi connectivity index (χ1v) is 4.98. The predicted molar refractivity (Wildman–Crippen MR) is 55.6 cm³/mol. The highest BCUT2D eigenvalue weighted by Crippen LogP contribution is 2.20. The highest BCUT2D eigenvalue weighted by molar-refractivity contribution is 5.78. The van der Waals surface area contributed by atoms with Crippen molar-refractivity contribution in [3.63, 3.8) is 0 Å². The summed E-state index contributed by atoms with van der Waals surface area (Å²) in [4.78, 5) is 24.8. The van der Waals surface area contributed by atoms with Crippen molar-refractivity contribution in [2.24, 2.45) is 5.73 Å². The average molecular weight is 296 g/mol. The quantitative estimate of drug-likeness (QED) is 0.636. The van der Waals surface area contributed by atoms with Crippen LogP contribution in [-0.4, -0.2) is 18.2 Å². The minimum absolute atomic E-state index is 0.106. The van der Waals surface area contributed by atoms with Gasteiger partial charge in [-0.05, 0) is 6.07 Å². The normalized spacial score (nSPS) is 10.8. The van der Waals surface area contributed by atoms with Gasteiger partial charge in [0.25, 0.3) is 0 Å². The molecular formula is C10H8F4N2O4. The number of carbonyl (C=O) groups excluding carboxylic acids is 2. The Morgan fingerprint density at radius 1 is 1.30 bits per heavy atom. The van der Waals surface area contributed by atoms with Crippen molar-refractivity contribution in [3.8, 4) is 5.75 Å². The number of benzene rings is 1. The zero-order chi connectivity index (χ0) is 15.3. The lowest BCUT2D eigenvalue weighted by Crippen LogP contribution is -2.36. The molecule has 10 heteroatoms. The van der Waals surface area contributed by atoms with Crippen LogP contribution in [-0.2, 0) is 16.2 Å². The van der Waals surface area contributed by atoms with Crippen molar-refractivity contribution in [2.45, 2.75) is 12.7 Å². The van der Waals surface area contributed by atoms with Crippen molar-refractivity contribution >= 4 is 12.1 Å². The van der Waals surface area contributed by atoms with Crippen LogP contribution in [0.5, 0.6) is 5.75 Å². The highest BCUT2D eigenvalue weighted by Gasteiger charge is 2.42. The minimum atomic E-state index is -5.27. The Morgan fingerprint density at radius 2 is 1.95 bits per heavy atom. The number of hydrogen-bond acceptors (Lipinski definition) is 5. The second kappa shape index (κ2) is 6.19. The van der Waals surface area contributed by atoms with Gasteiger partial charge in [0.05, 0.1) is 0 Å². The standard InChI is InChI=1S/C10H8F4N2O4/c11-6-2-1-5(4-15)7(3-6)19-9(18)16-20-8(17)10(12,13)14/h1-3H,4,15H2,(H,16,18). The third-order valence-electron chi connectivity index (χ3n) is 1.91. The van der Waals surface area contributed by atoms with E-state index in [2.05, 4.69) is 9.57 Å². The van der Waals surface area contributed by atoms with Gasteiger partial charge in [0.1, 0.15) is 11.6 Å². The molecule has 0 fully saturated rings. The molecule has 6 nitrogen and oxygen atoms in total. The first kappa shape index (κ1) is 15.7. The molecule has 1 aromatic carbocycles. The SMILES string of the molecule is NCc1ccc(F)cc1OC(=O)NOC(=O)C(F)(F)F. The molecule has 20 heavy (non-hydrogen) atoms. The lowest BCUT2D eigenvalue weighted by atomic mass is 10.2. The second-order valence-corrected chi connectivity index (χ2v) is 3.34. The topological polar surface area (TPSA) is 90.7 Å². The van der Waals surface area contributed by atoms with Crippen LogP contribution < -0.4 is 16.0 Å². The molecule has 0 atom stereocenters. The fourth-order valence-corrected chi connectivity index (χ4v) is 1.06. The van der Waals surface area contributed by atoms with Gasteiger partial charge >= 0.3 is 18.2 Å². The van der Waals surface area contributed by atoms with Crippen LogP contribution >= 0.6 is 0 Å². The maximum atomic E-state index is 12.9. The van der Waals surface area contributed by atoms with Crippen LogP contribution in [0, 0.1) is 5.82 Å². The average Bonchev–Trinajstić information content (AvgIpc) is 2.35. The number of nitrogens with one attached hydrogen (secondary N) is 1. The fourth-order valence-electron chi connectivity index (χ4n) is 1.06. The van der Waals surface area contributed by atoms with Crippen molar-refractivity contribution in [2.75, 3.05) is 0 Å². The van der Waals surface area contributed by atoms with Gasteiger partial charge in [0.15, 0.2) is 0 Å². The van der Waals surface area contributed by atoms with Gasteiger partial charge in [-0.25, -0.2) is 14.0 Å². The molecule has 0 saturated carbocycles. The number of carbonyl (C=O) groups is 2. The predicted octanol–water partition coefficient (Wildman–Crippen LogP) is 1.39. The lowest BCUT2D eigenvalue weighted by molar-refractivity contribution is -0.205. The molecule has 3 N–H and O–H groups in total. The summed E-state index contributed by atoms with van der Waals surface area (Å²) in [5.74, 6) is -3.70. The molecule has 0 bridgehead atoms.